The van der Waals surface area contributed by atoms with Gasteiger partial charge in [0, 0.05) is 5.69 Å². The van der Waals surface area contributed by atoms with Gasteiger partial charge < -0.3 is 10.4 Å². The molecule has 0 aliphatic heterocycles. The molecule has 2 N–H and O–H groups in total. The predicted octanol–water partition coefficient (Wildman–Crippen LogP) is 2.71. The third-order valence-corrected chi connectivity index (χ3v) is 2.29. The number of halogens is 2. The van der Waals surface area contributed by atoms with Crippen molar-refractivity contribution in [3.05, 3.63) is 47.1 Å². The average Bonchev–Trinajstić information content (AvgIpc) is 2.34. The zero-order valence-corrected chi connectivity index (χ0v) is 9.65. The molecule has 0 bridgehead atoms. The Kier molecular flexibility index (Phi) is 3.38. The first-order valence-corrected chi connectivity index (χ1v) is 5.22. The van der Waals surface area contributed by atoms with E-state index in [2.05, 4.69) is 15.3 Å². The van der Waals surface area contributed by atoms with Crippen LogP contribution in [-0.2, 0) is 0 Å². The third-order valence-electron chi connectivity index (χ3n) is 2.11. The van der Waals surface area contributed by atoms with Crippen LogP contribution in [0, 0.1) is 5.82 Å². The van der Waals surface area contributed by atoms with Crippen molar-refractivity contribution in [1.29, 1.82) is 0 Å². The number of nitrogens with zero attached hydrogens (tertiary/aromatic N) is 2. The fraction of sp³-hybridized carbons (Fsp3) is 0. The molecule has 2 aromatic rings. The number of rotatable bonds is 3. The molecular formula is C11H7ClFN3O2. The summed E-state index contributed by atoms with van der Waals surface area (Å²) in [5.74, 6) is -1.75. The van der Waals surface area contributed by atoms with Crippen LogP contribution in [0.4, 0.5) is 15.9 Å². The van der Waals surface area contributed by atoms with Gasteiger partial charge >= 0.3 is 5.97 Å². The Morgan fingerprint density at radius 3 is 2.61 bits per heavy atom. The maximum absolute atomic E-state index is 13.3. The minimum atomic E-state index is -1.03. The highest BCUT2D eigenvalue weighted by Gasteiger charge is 2.07. The maximum atomic E-state index is 13.3. The van der Waals surface area contributed by atoms with E-state index in [4.69, 9.17) is 16.7 Å². The number of aromatic carboxylic acids is 1. The summed E-state index contributed by atoms with van der Waals surface area (Å²) in [6.45, 7) is 0. The van der Waals surface area contributed by atoms with Crippen LogP contribution < -0.4 is 5.32 Å². The molecule has 0 saturated carbocycles. The lowest BCUT2D eigenvalue weighted by Crippen LogP contribution is -2.00. The van der Waals surface area contributed by atoms with Crippen molar-refractivity contribution >= 4 is 29.1 Å². The Bertz CT molecular complexity index is 589. The molecule has 0 amide bonds. The van der Waals surface area contributed by atoms with E-state index in [1.54, 1.807) is 0 Å². The number of carboxylic acid groups (broad SMARTS) is 1. The molecule has 7 heteroatoms. The lowest BCUT2D eigenvalue weighted by molar-refractivity contribution is 0.0697. The van der Waals surface area contributed by atoms with Crippen molar-refractivity contribution in [3.63, 3.8) is 0 Å². The van der Waals surface area contributed by atoms with Crippen molar-refractivity contribution in [1.82, 2.24) is 9.97 Å². The molecule has 0 radical (unpaired) electrons. The normalized spacial score (nSPS) is 10.1. The number of aromatic nitrogens is 2. The van der Waals surface area contributed by atoms with Gasteiger partial charge in [0.25, 0.3) is 0 Å². The van der Waals surface area contributed by atoms with Crippen LogP contribution >= 0.6 is 11.6 Å². The van der Waals surface area contributed by atoms with Crippen molar-refractivity contribution in [2.45, 2.75) is 0 Å². The fourth-order valence-corrected chi connectivity index (χ4v) is 1.40. The second-order valence-corrected chi connectivity index (χ2v) is 3.68. The maximum Gasteiger partial charge on any atom is 0.335 e. The Hall–Kier alpha value is -2.21. The Labute approximate surface area is 106 Å². The van der Waals surface area contributed by atoms with E-state index >= 15 is 0 Å². The SMILES string of the molecule is O=C(O)c1ccc(Nc2nc(Cl)ncc2F)cc1. The van der Waals surface area contributed by atoms with Gasteiger partial charge in [-0.3, -0.25) is 0 Å². The number of benzene rings is 1. The lowest BCUT2D eigenvalue weighted by atomic mass is 10.2. The van der Waals surface area contributed by atoms with Gasteiger partial charge in [-0.15, -0.1) is 0 Å². The Balaban J connectivity index is 2.23. The minimum absolute atomic E-state index is 0.0712. The van der Waals surface area contributed by atoms with Crippen LogP contribution in [0.15, 0.2) is 30.5 Å². The number of hydrogen-bond donors (Lipinski definition) is 2. The first-order chi connectivity index (χ1) is 8.56. The number of hydrogen-bond acceptors (Lipinski definition) is 4. The number of carbonyl (C=O) groups is 1. The van der Waals surface area contributed by atoms with E-state index in [0.717, 1.165) is 6.20 Å². The molecule has 1 aromatic heterocycles. The molecular weight excluding hydrogens is 261 g/mol. The Morgan fingerprint density at radius 1 is 1.33 bits per heavy atom. The lowest BCUT2D eigenvalue weighted by Gasteiger charge is -2.06. The van der Waals surface area contributed by atoms with Gasteiger partial charge in [0.05, 0.1) is 11.8 Å². The van der Waals surface area contributed by atoms with Gasteiger partial charge in [-0.25, -0.2) is 14.2 Å². The van der Waals surface area contributed by atoms with Crippen molar-refractivity contribution in [2.75, 3.05) is 5.32 Å². The first kappa shape index (κ1) is 12.3. The number of nitrogens with one attached hydrogen (secondary N) is 1. The summed E-state index contributed by atoms with van der Waals surface area (Å²) < 4.78 is 13.3. The highest BCUT2D eigenvalue weighted by atomic mass is 35.5. The molecule has 5 nitrogen and oxygen atoms in total. The second-order valence-electron chi connectivity index (χ2n) is 3.34. The summed E-state index contributed by atoms with van der Waals surface area (Å²) in [5, 5.41) is 11.3. The van der Waals surface area contributed by atoms with Crippen LogP contribution in [0.1, 0.15) is 10.4 Å². The molecule has 0 unspecified atom stereocenters. The molecule has 1 heterocycles. The fourth-order valence-electron chi connectivity index (χ4n) is 1.27. The summed E-state index contributed by atoms with van der Waals surface area (Å²) in [5.41, 5.74) is 0.635. The quantitative estimate of drug-likeness (QED) is 0.836. The first-order valence-electron chi connectivity index (χ1n) is 4.84. The zero-order valence-electron chi connectivity index (χ0n) is 8.89. The van der Waals surface area contributed by atoms with Crippen molar-refractivity contribution in [3.8, 4) is 0 Å². The van der Waals surface area contributed by atoms with E-state index in [9.17, 15) is 9.18 Å². The zero-order chi connectivity index (χ0) is 13.1. The van der Waals surface area contributed by atoms with Gasteiger partial charge in [-0.2, -0.15) is 4.98 Å². The molecule has 0 saturated heterocycles. The molecule has 2 rings (SSSR count). The van der Waals surface area contributed by atoms with Gasteiger partial charge in [-0.05, 0) is 35.9 Å². The van der Waals surface area contributed by atoms with Crippen LogP contribution in [0.5, 0.6) is 0 Å². The third kappa shape index (κ3) is 2.72. The Morgan fingerprint density at radius 2 is 2.00 bits per heavy atom. The van der Waals surface area contributed by atoms with Gasteiger partial charge in [-0.1, -0.05) is 0 Å². The van der Waals surface area contributed by atoms with E-state index in [-0.39, 0.29) is 16.7 Å². The van der Waals surface area contributed by atoms with Crippen LogP contribution in [-0.4, -0.2) is 21.0 Å². The summed E-state index contributed by atoms with van der Waals surface area (Å²) in [4.78, 5) is 17.8. The number of carboxylic acids is 1. The number of anilines is 2. The summed E-state index contributed by atoms with van der Waals surface area (Å²) in [7, 11) is 0. The van der Waals surface area contributed by atoms with Crippen molar-refractivity contribution in [2.24, 2.45) is 0 Å². The summed E-state index contributed by atoms with van der Waals surface area (Å²) in [6.07, 6.45) is 0.948. The molecule has 0 spiro atoms. The van der Waals surface area contributed by atoms with E-state index in [1.165, 1.54) is 24.3 Å². The summed E-state index contributed by atoms with van der Waals surface area (Å²) >= 11 is 5.54. The summed E-state index contributed by atoms with van der Waals surface area (Å²) in [6, 6.07) is 5.79. The molecule has 18 heavy (non-hydrogen) atoms. The average molecular weight is 268 g/mol. The van der Waals surface area contributed by atoms with Crippen molar-refractivity contribution < 1.29 is 14.3 Å². The van der Waals surface area contributed by atoms with E-state index < -0.39 is 11.8 Å². The minimum Gasteiger partial charge on any atom is -0.478 e. The van der Waals surface area contributed by atoms with Crippen LogP contribution in [0.3, 0.4) is 0 Å². The predicted molar refractivity (Wildman–Crippen MR) is 63.7 cm³/mol. The van der Waals surface area contributed by atoms with E-state index in [1.807, 2.05) is 0 Å². The monoisotopic (exact) mass is 267 g/mol. The highest BCUT2D eigenvalue weighted by molar-refractivity contribution is 6.28. The van der Waals surface area contributed by atoms with Crippen LogP contribution in [0.2, 0.25) is 5.28 Å². The molecule has 1 aromatic carbocycles. The second kappa shape index (κ2) is 4.97. The molecule has 0 fully saturated rings. The van der Waals surface area contributed by atoms with E-state index in [0.29, 0.717) is 5.69 Å². The highest BCUT2D eigenvalue weighted by Crippen LogP contribution is 2.18. The largest absolute Gasteiger partial charge is 0.478 e. The standard InChI is InChI=1S/C11H7ClFN3O2/c12-11-14-5-8(13)9(16-11)15-7-3-1-6(2-4-7)10(17)18/h1-5H,(H,17,18)(H,14,15,16). The molecule has 92 valence electrons. The van der Waals surface area contributed by atoms with Gasteiger partial charge in [0.1, 0.15) is 0 Å². The molecule has 0 aliphatic rings. The molecule has 0 aliphatic carbocycles. The van der Waals surface area contributed by atoms with Gasteiger partial charge in [0.2, 0.25) is 5.28 Å². The molecule has 0 atom stereocenters. The topological polar surface area (TPSA) is 75.1 Å². The van der Waals surface area contributed by atoms with Gasteiger partial charge in [0.15, 0.2) is 11.6 Å². The smallest absolute Gasteiger partial charge is 0.335 e. The van der Waals surface area contributed by atoms with Crippen LogP contribution in [0.25, 0.3) is 0 Å².